The highest BCUT2D eigenvalue weighted by atomic mass is 32.7. The zero-order valence-electron chi connectivity index (χ0n) is 24.2. The largest absolute Gasteiger partial charge is 0.472 e. The van der Waals surface area contributed by atoms with Crippen LogP contribution >= 0.6 is 38.6 Å². The first-order valence-electron chi connectivity index (χ1n) is 14.2. The van der Waals surface area contributed by atoms with Gasteiger partial charge >= 0.3 is 14.6 Å². The van der Waals surface area contributed by atoms with Crippen molar-refractivity contribution in [3.05, 3.63) is 29.3 Å². The van der Waals surface area contributed by atoms with E-state index in [-0.39, 0.29) is 29.5 Å². The molecule has 1 spiro atoms. The molecule has 47 heavy (non-hydrogen) atoms. The van der Waals surface area contributed by atoms with Gasteiger partial charge in [0.15, 0.2) is 22.6 Å². The van der Waals surface area contributed by atoms with E-state index in [1.54, 1.807) is 4.57 Å². The molecule has 4 aliphatic rings. The van der Waals surface area contributed by atoms with Gasteiger partial charge in [0, 0.05) is 12.5 Å². The average molecular weight is 731 g/mol. The molecule has 252 valence electrons. The first-order chi connectivity index (χ1) is 22.3. The van der Waals surface area contributed by atoms with Gasteiger partial charge < -0.3 is 30.8 Å². The molecule has 2 unspecified atom stereocenters. The number of aromatic nitrogens is 8. The third-order valence-electron chi connectivity index (χ3n) is 9.21. The van der Waals surface area contributed by atoms with Gasteiger partial charge in [-0.05, 0) is 12.3 Å². The first kappa shape index (κ1) is 31.6. The van der Waals surface area contributed by atoms with Crippen LogP contribution in [0, 0.1) is 11.3 Å². The minimum absolute atomic E-state index is 0.0163. The van der Waals surface area contributed by atoms with Crippen LogP contribution < -0.4 is 17.0 Å². The van der Waals surface area contributed by atoms with Crippen LogP contribution in [-0.4, -0.2) is 99.0 Å². The summed E-state index contributed by atoms with van der Waals surface area (Å²) in [4.78, 5) is 46.8. The number of H-pyrrole nitrogens is 1. The first-order valence-corrected chi connectivity index (χ1v) is 19.3. The lowest BCUT2D eigenvalue weighted by Crippen LogP contribution is -2.37. The number of nitrogens with one attached hydrogen (secondary N) is 1. The van der Waals surface area contributed by atoms with E-state index in [1.165, 1.54) is 42.4 Å². The van der Waals surface area contributed by atoms with E-state index in [4.69, 9.17) is 34.3 Å². The fraction of sp³-hybridized carbons (Fsp3) is 0.565. The predicted molar refractivity (Wildman–Crippen MR) is 167 cm³/mol. The molecule has 4 aromatic heterocycles. The van der Waals surface area contributed by atoms with Gasteiger partial charge in [0.05, 0.1) is 37.2 Å². The number of rotatable bonds is 3. The Morgan fingerprint density at radius 3 is 2.68 bits per heavy atom. The van der Waals surface area contributed by atoms with Crippen molar-refractivity contribution in [1.82, 2.24) is 39.0 Å². The number of aromatic amines is 1. The second kappa shape index (κ2) is 10.9. The normalized spacial score (nSPS) is 40.4. The highest BCUT2D eigenvalue weighted by Gasteiger charge is 2.74. The van der Waals surface area contributed by atoms with Crippen molar-refractivity contribution in [1.29, 1.82) is 0 Å². The summed E-state index contributed by atoms with van der Waals surface area (Å²) >= 11 is 5.41. The zero-order valence-corrected chi connectivity index (χ0v) is 27.7. The van der Waals surface area contributed by atoms with Crippen molar-refractivity contribution in [3.8, 4) is 0 Å². The maximum absolute atomic E-state index is 13.8. The second-order valence-electron chi connectivity index (χ2n) is 11.8. The molecule has 24 heteroatoms. The molecule has 4 aromatic rings. The van der Waals surface area contributed by atoms with E-state index in [1.807, 2.05) is 0 Å². The minimum Gasteiger partial charge on any atom is -0.388 e. The van der Waals surface area contributed by atoms with Gasteiger partial charge in [-0.1, -0.05) is 12.2 Å². The fourth-order valence-corrected chi connectivity index (χ4v) is 11.4. The summed E-state index contributed by atoms with van der Waals surface area (Å²) in [7, 11) is -3.50. The Kier molecular flexibility index (Phi) is 7.37. The van der Waals surface area contributed by atoms with Crippen LogP contribution in [0.4, 0.5) is 11.8 Å². The third-order valence-corrected chi connectivity index (χ3v) is 13.3. The molecule has 2 saturated carbocycles. The van der Waals surface area contributed by atoms with Crippen molar-refractivity contribution in [2.75, 3.05) is 31.8 Å². The average Bonchev–Trinajstić information content (AvgIpc) is 3.30. The standard InChI is InChI=1S/C23H28N10O10P2S2/c1-39-14-9-3-40-45(38,46)43-16-13(34)12(32-6-28-10-17(24)26-5-27-18(10)32)8-2-23(8,16)4-41-44(36,37)42-15(14)21(47-9)33-7-29-11-19(33)30-22(25)31-20(11)35/h5-9,12-16,21,34H,2-4H2,1H3,(H,36,37)(H,38,46)(H2,24,26,27)(H3,25,30,31,35)/t8-,9-,12-,13+,14-,15-,16+,21-,23?,45+/m1/s1. The van der Waals surface area contributed by atoms with Gasteiger partial charge in [-0.3, -0.25) is 32.4 Å². The number of phosphoric ester groups is 1. The van der Waals surface area contributed by atoms with Gasteiger partial charge in [0.25, 0.3) is 5.56 Å². The lowest BCUT2D eigenvalue weighted by molar-refractivity contribution is -0.0275. The number of aliphatic hydroxyl groups is 1. The maximum atomic E-state index is 13.8. The lowest BCUT2D eigenvalue weighted by atomic mass is 10.0. The van der Waals surface area contributed by atoms with Gasteiger partial charge in [-0.15, -0.1) is 11.8 Å². The molecule has 6 heterocycles. The maximum Gasteiger partial charge on any atom is 0.472 e. The smallest absolute Gasteiger partial charge is 0.388 e. The van der Waals surface area contributed by atoms with E-state index in [0.717, 1.165) is 0 Å². The van der Waals surface area contributed by atoms with Crippen LogP contribution in [0.5, 0.6) is 0 Å². The van der Waals surface area contributed by atoms with Gasteiger partial charge in [-0.2, -0.15) is 4.98 Å². The molecule has 2 bridgehead atoms. The lowest BCUT2D eigenvalue weighted by Gasteiger charge is -2.30. The molecule has 8 rings (SSSR count). The molecule has 0 amide bonds. The van der Waals surface area contributed by atoms with Crippen molar-refractivity contribution in [3.63, 3.8) is 0 Å². The summed E-state index contributed by atoms with van der Waals surface area (Å²) in [5.74, 6) is -0.410. The summed E-state index contributed by atoms with van der Waals surface area (Å²) in [6.45, 7) is -4.89. The van der Waals surface area contributed by atoms with Gasteiger partial charge in [0.1, 0.15) is 41.6 Å². The molecule has 2 aliphatic heterocycles. The molecule has 0 radical (unpaired) electrons. The Morgan fingerprint density at radius 1 is 1.13 bits per heavy atom. The number of nitrogens with two attached hydrogens (primary N) is 2. The SMILES string of the molecule is CO[C@H]1[C@H]2OP(=O)(O)OCC34C[C@@H]3[C@@H](n3cnc5c(N)ncnc53)[C@H](O)[C@@H]4O[P@@](=O)(S)OC[C@H]1S[C@H]2n1cnc2c(=O)[nH]c(N)nc21. The number of nitrogens with zero attached hydrogens (tertiary/aromatic N) is 7. The quantitative estimate of drug-likeness (QED) is 0.124. The number of hydrogen-bond donors (Lipinski definition) is 6. The molecular weight excluding hydrogens is 702 g/mol. The Hall–Kier alpha value is -2.62. The summed E-state index contributed by atoms with van der Waals surface area (Å²) in [6, 6.07) is -0.713. The number of ether oxygens (including phenoxy) is 1. The summed E-state index contributed by atoms with van der Waals surface area (Å²) < 4.78 is 59.4. The molecule has 11 atom stereocenters. The molecular formula is C23H28N10O10P2S2. The number of phosphoric acid groups is 1. The highest BCUT2D eigenvalue weighted by molar-refractivity contribution is 8.44. The van der Waals surface area contributed by atoms with Crippen molar-refractivity contribution < 1.29 is 42.0 Å². The van der Waals surface area contributed by atoms with Crippen LogP contribution in [0.15, 0.2) is 23.8 Å². The van der Waals surface area contributed by atoms with Crippen LogP contribution in [0.1, 0.15) is 17.8 Å². The molecule has 20 nitrogen and oxygen atoms in total. The predicted octanol–water partition coefficient (Wildman–Crippen LogP) is 0.630. The topological polar surface area (TPSA) is 280 Å². The number of anilines is 2. The molecule has 4 fully saturated rings. The summed E-state index contributed by atoms with van der Waals surface area (Å²) in [5.41, 5.74) is 10.8. The van der Waals surface area contributed by atoms with Gasteiger partial charge in [0.2, 0.25) is 5.95 Å². The monoisotopic (exact) mass is 730 g/mol. The molecule has 7 N–H and O–H groups in total. The Morgan fingerprint density at radius 2 is 1.89 bits per heavy atom. The van der Waals surface area contributed by atoms with Crippen LogP contribution in [0.3, 0.4) is 0 Å². The number of methoxy groups -OCH3 is 1. The van der Waals surface area contributed by atoms with E-state index in [2.05, 4.69) is 42.2 Å². The molecule has 0 aromatic carbocycles. The van der Waals surface area contributed by atoms with Crippen molar-refractivity contribution >= 4 is 72.7 Å². The molecule has 2 saturated heterocycles. The van der Waals surface area contributed by atoms with Crippen LogP contribution in [0.25, 0.3) is 22.3 Å². The summed E-state index contributed by atoms with van der Waals surface area (Å²) in [6.07, 6.45) is -0.216. The fourth-order valence-electron chi connectivity index (χ4n) is 7.08. The third kappa shape index (κ3) is 5.04. The number of aliphatic hydroxyl groups excluding tert-OH is 1. The number of thioether (sulfide) groups is 1. The van der Waals surface area contributed by atoms with Gasteiger partial charge in [-0.25, -0.2) is 29.1 Å². The Labute approximate surface area is 273 Å². The van der Waals surface area contributed by atoms with E-state index < -0.39 is 79.2 Å². The van der Waals surface area contributed by atoms with Crippen molar-refractivity contribution in [2.24, 2.45) is 11.3 Å². The Bertz CT molecular complexity index is 2070. The van der Waals surface area contributed by atoms with Crippen LogP contribution in [0.2, 0.25) is 0 Å². The van der Waals surface area contributed by atoms with Crippen LogP contribution in [-0.2, 0) is 32.0 Å². The minimum atomic E-state index is -4.87. The number of imidazole rings is 2. The number of hydrogen-bond acceptors (Lipinski definition) is 17. The van der Waals surface area contributed by atoms with E-state index in [0.29, 0.717) is 17.6 Å². The van der Waals surface area contributed by atoms with E-state index in [9.17, 15) is 23.9 Å². The number of nitrogen functional groups attached to an aromatic ring is 2. The van der Waals surface area contributed by atoms with Crippen molar-refractivity contribution in [2.45, 2.75) is 47.5 Å². The number of thiol groups is 1. The Balaban J connectivity index is 1.15. The number of fused-ring (bicyclic) bond motifs is 4. The van der Waals surface area contributed by atoms with E-state index >= 15 is 0 Å². The summed E-state index contributed by atoms with van der Waals surface area (Å²) in [5, 5.41) is 10.1. The second-order valence-corrected chi connectivity index (χ2v) is 17.4. The molecule has 2 aliphatic carbocycles. The highest BCUT2D eigenvalue weighted by Crippen LogP contribution is 2.73. The zero-order chi connectivity index (χ0) is 33.0.